The van der Waals surface area contributed by atoms with Gasteiger partial charge in [0.05, 0.1) is 0 Å². The van der Waals surface area contributed by atoms with Crippen molar-refractivity contribution in [3.8, 4) is 0 Å². The number of rotatable bonds is 4. The normalized spacial score (nSPS) is 11.5. The van der Waals surface area contributed by atoms with Gasteiger partial charge in [-0.2, -0.15) is 0 Å². The average Bonchev–Trinajstić information content (AvgIpc) is 2.17. The van der Waals surface area contributed by atoms with E-state index in [2.05, 4.69) is 47.8 Å². The number of pyridine rings is 1. The molecular weight excluding hydrogens is 266 g/mol. The lowest BCUT2D eigenvalue weighted by Crippen LogP contribution is -2.12. The summed E-state index contributed by atoms with van der Waals surface area (Å²) in [5.74, 6) is 0.230. The average molecular weight is 284 g/mol. The third kappa shape index (κ3) is 4.05. The highest BCUT2D eigenvalue weighted by Gasteiger charge is 2.14. The van der Waals surface area contributed by atoms with Crippen LogP contribution in [-0.2, 0) is 16.6 Å². The fourth-order valence-electron chi connectivity index (χ4n) is 1.37. The van der Waals surface area contributed by atoms with Crippen LogP contribution in [-0.4, -0.2) is 16.1 Å². The predicted octanol–water partition coefficient (Wildman–Crippen LogP) is 3.28. The van der Waals surface area contributed by atoms with Gasteiger partial charge in [-0.1, -0.05) is 42.8 Å². The first-order chi connectivity index (χ1) is 7.43. The molecule has 0 spiro atoms. The summed E-state index contributed by atoms with van der Waals surface area (Å²) in [4.78, 5) is 15.8. The summed E-state index contributed by atoms with van der Waals surface area (Å²) in [6.07, 6.45) is 2.88. The number of carbonyl (C=O) groups excluding carboxylic acids is 1. The standard InChI is InChI=1S/C13H18BrNO/c1-13(2,3)10-4-5-11(15-9-10)8-12(16)6-7-14/h4-5,9H,6-8H2,1-3H3. The highest BCUT2D eigenvalue weighted by Crippen LogP contribution is 2.21. The fourth-order valence-corrected chi connectivity index (χ4v) is 1.81. The van der Waals surface area contributed by atoms with Crippen LogP contribution < -0.4 is 0 Å². The molecule has 1 heterocycles. The van der Waals surface area contributed by atoms with Crippen LogP contribution in [0.3, 0.4) is 0 Å². The molecule has 0 aliphatic rings. The largest absolute Gasteiger partial charge is 0.299 e. The highest BCUT2D eigenvalue weighted by molar-refractivity contribution is 9.09. The second kappa shape index (κ2) is 5.58. The van der Waals surface area contributed by atoms with Crippen molar-refractivity contribution in [1.82, 2.24) is 4.98 Å². The van der Waals surface area contributed by atoms with Gasteiger partial charge in [-0.25, -0.2) is 0 Å². The molecule has 1 aromatic rings. The topological polar surface area (TPSA) is 30.0 Å². The second-order valence-electron chi connectivity index (χ2n) is 4.94. The van der Waals surface area contributed by atoms with E-state index >= 15 is 0 Å². The van der Waals surface area contributed by atoms with Gasteiger partial charge < -0.3 is 0 Å². The zero-order valence-electron chi connectivity index (χ0n) is 10.1. The van der Waals surface area contributed by atoms with Gasteiger partial charge in [0.25, 0.3) is 0 Å². The van der Waals surface area contributed by atoms with Crippen molar-refractivity contribution in [2.24, 2.45) is 0 Å². The highest BCUT2D eigenvalue weighted by atomic mass is 79.9. The van der Waals surface area contributed by atoms with Crippen molar-refractivity contribution in [2.45, 2.75) is 39.0 Å². The molecule has 0 N–H and O–H groups in total. The summed E-state index contributed by atoms with van der Waals surface area (Å²) < 4.78 is 0. The second-order valence-corrected chi connectivity index (χ2v) is 5.74. The molecule has 0 radical (unpaired) electrons. The van der Waals surface area contributed by atoms with Gasteiger partial charge in [0.2, 0.25) is 0 Å². The Hall–Kier alpha value is -0.700. The van der Waals surface area contributed by atoms with Crippen LogP contribution in [0.5, 0.6) is 0 Å². The molecule has 1 aromatic heterocycles. The maximum absolute atomic E-state index is 11.4. The summed E-state index contributed by atoms with van der Waals surface area (Å²) in [6.45, 7) is 6.46. The Bertz CT molecular complexity index is 351. The lowest BCUT2D eigenvalue weighted by Gasteiger charge is -2.18. The summed E-state index contributed by atoms with van der Waals surface area (Å²) in [5, 5.41) is 0.728. The van der Waals surface area contributed by atoms with Crippen LogP contribution in [0.25, 0.3) is 0 Å². The number of hydrogen-bond donors (Lipinski definition) is 0. The monoisotopic (exact) mass is 283 g/mol. The first-order valence-electron chi connectivity index (χ1n) is 5.46. The molecule has 1 rings (SSSR count). The summed E-state index contributed by atoms with van der Waals surface area (Å²) >= 11 is 3.26. The van der Waals surface area contributed by atoms with Crippen LogP contribution in [0.1, 0.15) is 38.4 Å². The molecule has 88 valence electrons. The van der Waals surface area contributed by atoms with E-state index in [1.54, 1.807) is 0 Å². The van der Waals surface area contributed by atoms with Gasteiger partial charge in [0.1, 0.15) is 5.78 Å². The number of Topliss-reactive ketones (excluding diaryl/α,β-unsaturated/α-hetero) is 1. The lowest BCUT2D eigenvalue weighted by atomic mass is 9.88. The molecule has 0 atom stereocenters. The summed E-state index contributed by atoms with van der Waals surface area (Å²) in [6, 6.07) is 4.01. The van der Waals surface area contributed by atoms with Crippen molar-refractivity contribution in [2.75, 3.05) is 5.33 Å². The first kappa shape index (κ1) is 13.4. The minimum atomic E-state index is 0.116. The maximum atomic E-state index is 11.4. The Kier molecular flexibility index (Phi) is 4.66. The van der Waals surface area contributed by atoms with Crippen LogP contribution in [0, 0.1) is 0 Å². The molecule has 0 saturated carbocycles. The Labute approximate surface area is 106 Å². The van der Waals surface area contributed by atoms with E-state index in [0.717, 1.165) is 11.0 Å². The van der Waals surface area contributed by atoms with Crippen LogP contribution in [0.4, 0.5) is 0 Å². The minimum Gasteiger partial charge on any atom is -0.299 e. The first-order valence-corrected chi connectivity index (χ1v) is 6.58. The van der Waals surface area contributed by atoms with Crippen LogP contribution in [0.15, 0.2) is 18.3 Å². The molecular formula is C13H18BrNO. The number of ketones is 1. The van der Waals surface area contributed by atoms with Gasteiger partial charge in [0.15, 0.2) is 0 Å². The summed E-state index contributed by atoms with van der Waals surface area (Å²) in [5.41, 5.74) is 2.17. The Morgan fingerprint density at radius 3 is 2.50 bits per heavy atom. The smallest absolute Gasteiger partial charge is 0.139 e. The van der Waals surface area contributed by atoms with E-state index in [-0.39, 0.29) is 11.2 Å². The number of aromatic nitrogens is 1. The van der Waals surface area contributed by atoms with Crippen molar-refractivity contribution >= 4 is 21.7 Å². The molecule has 0 fully saturated rings. The molecule has 0 saturated heterocycles. The molecule has 0 aliphatic heterocycles. The summed E-state index contributed by atoms with van der Waals surface area (Å²) in [7, 11) is 0. The number of halogens is 1. The Balaban J connectivity index is 2.69. The number of nitrogens with zero attached hydrogens (tertiary/aromatic N) is 1. The SMILES string of the molecule is CC(C)(C)c1ccc(CC(=O)CCBr)nc1. The zero-order chi connectivity index (χ0) is 12.2. The predicted molar refractivity (Wildman–Crippen MR) is 70.1 cm³/mol. The fraction of sp³-hybridized carbons (Fsp3) is 0.538. The Morgan fingerprint density at radius 2 is 2.06 bits per heavy atom. The molecule has 0 unspecified atom stereocenters. The van der Waals surface area contributed by atoms with Crippen molar-refractivity contribution in [3.63, 3.8) is 0 Å². The maximum Gasteiger partial charge on any atom is 0.139 e. The van der Waals surface area contributed by atoms with E-state index < -0.39 is 0 Å². The van der Waals surface area contributed by atoms with Crippen molar-refractivity contribution < 1.29 is 4.79 Å². The van der Waals surface area contributed by atoms with Gasteiger partial charge in [-0.15, -0.1) is 0 Å². The Morgan fingerprint density at radius 1 is 1.38 bits per heavy atom. The number of hydrogen-bond acceptors (Lipinski definition) is 2. The molecule has 0 bridgehead atoms. The van der Waals surface area contributed by atoms with E-state index in [1.165, 1.54) is 5.56 Å². The van der Waals surface area contributed by atoms with Crippen LogP contribution >= 0.6 is 15.9 Å². The number of alkyl halides is 1. The van der Waals surface area contributed by atoms with Gasteiger partial charge >= 0.3 is 0 Å². The minimum absolute atomic E-state index is 0.116. The molecule has 0 amide bonds. The molecule has 0 aromatic carbocycles. The van der Waals surface area contributed by atoms with E-state index in [9.17, 15) is 4.79 Å². The van der Waals surface area contributed by atoms with Gasteiger partial charge in [-0.05, 0) is 17.0 Å². The third-order valence-electron chi connectivity index (χ3n) is 2.44. The quantitative estimate of drug-likeness (QED) is 0.794. The van der Waals surface area contributed by atoms with E-state index in [1.807, 2.05) is 12.3 Å². The molecule has 0 aliphatic carbocycles. The van der Waals surface area contributed by atoms with E-state index in [0.29, 0.717) is 12.8 Å². The third-order valence-corrected chi connectivity index (χ3v) is 2.84. The number of carbonyl (C=O) groups is 1. The van der Waals surface area contributed by atoms with E-state index in [4.69, 9.17) is 0 Å². The molecule has 3 heteroatoms. The van der Waals surface area contributed by atoms with Crippen molar-refractivity contribution in [3.05, 3.63) is 29.6 Å². The van der Waals surface area contributed by atoms with Crippen molar-refractivity contribution in [1.29, 1.82) is 0 Å². The van der Waals surface area contributed by atoms with Gasteiger partial charge in [0, 0.05) is 30.1 Å². The molecule has 16 heavy (non-hydrogen) atoms. The van der Waals surface area contributed by atoms with Gasteiger partial charge in [-0.3, -0.25) is 9.78 Å². The van der Waals surface area contributed by atoms with Crippen LogP contribution in [0.2, 0.25) is 0 Å². The molecule has 2 nitrogen and oxygen atoms in total. The lowest BCUT2D eigenvalue weighted by molar-refractivity contribution is -0.118. The zero-order valence-corrected chi connectivity index (χ0v) is 11.7.